The lowest BCUT2D eigenvalue weighted by atomic mass is 10.0. The monoisotopic (exact) mass is 244 g/mol. The first-order valence-electron chi connectivity index (χ1n) is 4.92. The Bertz CT molecular complexity index is 407. The average molecular weight is 244 g/mol. The fourth-order valence-electron chi connectivity index (χ4n) is 1.41. The molecule has 6 heteroatoms. The standard InChI is InChI=1S/C11H13FO5/c12-8-3-6(5-13)1-2-7(8)11(17)9(14)4-10(15)16/h1-3,9,11,13-14,17H,4-5H2,(H,15,16). The number of halogens is 1. The molecule has 5 nitrogen and oxygen atoms in total. The van der Waals surface area contributed by atoms with E-state index < -0.39 is 30.4 Å². The van der Waals surface area contributed by atoms with Gasteiger partial charge in [0.05, 0.1) is 19.1 Å². The summed E-state index contributed by atoms with van der Waals surface area (Å²) >= 11 is 0. The number of hydrogen-bond acceptors (Lipinski definition) is 4. The van der Waals surface area contributed by atoms with Crippen molar-refractivity contribution in [3.05, 3.63) is 35.1 Å². The summed E-state index contributed by atoms with van der Waals surface area (Å²) in [6, 6.07) is 3.61. The normalized spacial score (nSPS) is 14.4. The zero-order valence-electron chi connectivity index (χ0n) is 8.88. The molecule has 1 rings (SSSR count). The van der Waals surface area contributed by atoms with Gasteiger partial charge in [-0.3, -0.25) is 4.79 Å². The molecule has 0 heterocycles. The fraction of sp³-hybridized carbons (Fsp3) is 0.364. The molecule has 0 spiro atoms. The van der Waals surface area contributed by atoms with Crippen LogP contribution in [0.1, 0.15) is 23.7 Å². The Hall–Kier alpha value is -1.50. The van der Waals surface area contributed by atoms with Crippen LogP contribution >= 0.6 is 0 Å². The minimum absolute atomic E-state index is 0.198. The molecule has 0 radical (unpaired) electrons. The van der Waals surface area contributed by atoms with E-state index in [0.717, 1.165) is 6.07 Å². The van der Waals surface area contributed by atoms with Crippen LogP contribution in [0, 0.1) is 5.82 Å². The predicted molar refractivity (Wildman–Crippen MR) is 55.5 cm³/mol. The number of hydrogen-bond donors (Lipinski definition) is 4. The van der Waals surface area contributed by atoms with E-state index in [0.29, 0.717) is 5.56 Å². The lowest BCUT2D eigenvalue weighted by molar-refractivity contribution is -0.141. The van der Waals surface area contributed by atoms with Gasteiger partial charge in [0.25, 0.3) is 0 Å². The summed E-state index contributed by atoms with van der Waals surface area (Å²) in [6.45, 7) is -0.342. The van der Waals surface area contributed by atoms with E-state index in [2.05, 4.69) is 0 Å². The van der Waals surface area contributed by atoms with E-state index in [1.54, 1.807) is 0 Å². The van der Waals surface area contributed by atoms with Crippen molar-refractivity contribution in [1.29, 1.82) is 0 Å². The van der Waals surface area contributed by atoms with Gasteiger partial charge in [0.2, 0.25) is 0 Å². The Morgan fingerprint density at radius 3 is 2.47 bits per heavy atom. The number of aliphatic hydroxyl groups is 3. The van der Waals surface area contributed by atoms with Gasteiger partial charge < -0.3 is 20.4 Å². The minimum Gasteiger partial charge on any atom is -0.481 e. The highest BCUT2D eigenvalue weighted by molar-refractivity contribution is 5.67. The number of carbonyl (C=O) groups is 1. The fourth-order valence-corrected chi connectivity index (χ4v) is 1.41. The highest BCUT2D eigenvalue weighted by atomic mass is 19.1. The molecule has 0 amide bonds. The van der Waals surface area contributed by atoms with E-state index in [4.69, 9.17) is 10.2 Å². The van der Waals surface area contributed by atoms with Crippen molar-refractivity contribution in [1.82, 2.24) is 0 Å². The van der Waals surface area contributed by atoms with Gasteiger partial charge in [-0.2, -0.15) is 0 Å². The number of rotatable bonds is 5. The first-order valence-corrected chi connectivity index (χ1v) is 4.92. The maximum atomic E-state index is 13.5. The third-order valence-corrected chi connectivity index (χ3v) is 2.31. The minimum atomic E-state index is -1.61. The van der Waals surface area contributed by atoms with Gasteiger partial charge in [-0.25, -0.2) is 4.39 Å². The largest absolute Gasteiger partial charge is 0.481 e. The Balaban J connectivity index is 2.88. The second-order valence-corrected chi connectivity index (χ2v) is 3.62. The lowest BCUT2D eigenvalue weighted by Crippen LogP contribution is -2.22. The number of benzene rings is 1. The highest BCUT2D eigenvalue weighted by Gasteiger charge is 2.23. The van der Waals surface area contributed by atoms with E-state index in [-0.39, 0.29) is 12.2 Å². The smallest absolute Gasteiger partial charge is 0.306 e. The van der Waals surface area contributed by atoms with Crippen molar-refractivity contribution in [3.63, 3.8) is 0 Å². The molecule has 0 fully saturated rings. The van der Waals surface area contributed by atoms with Gasteiger partial charge in [0.15, 0.2) is 0 Å². The average Bonchev–Trinajstić information content (AvgIpc) is 2.27. The van der Waals surface area contributed by atoms with E-state index in [1.807, 2.05) is 0 Å². The number of carboxylic acid groups (broad SMARTS) is 1. The zero-order valence-corrected chi connectivity index (χ0v) is 8.88. The second kappa shape index (κ2) is 5.72. The van der Waals surface area contributed by atoms with E-state index >= 15 is 0 Å². The van der Waals surface area contributed by atoms with Gasteiger partial charge in [-0.15, -0.1) is 0 Å². The Morgan fingerprint density at radius 2 is 2.00 bits per heavy atom. The molecule has 0 aliphatic heterocycles. The molecular weight excluding hydrogens is 231 g/mol. The van der Waals surface area contributed by atoms with Crippen LogP contribution in [-0.2, 0) is 11.4 Å². The summed E-state index contributed by atoms with van der Waals surface area (Å²) in [4.78, 5) is 10.3. The van der Waals surface area contributed by atoms with E-state index in [1.165, 1.54) is 12.1 Å². The van der Waals surface area contributed by atoms with Crippen LogP contribution in [0.3, 0.4) is 0 Å². The topological polar surface area (TPSA) is 98.0 Å². The van der Waals surface area contributed by atoms with Crippen molar-refractivity contribution in [2.75, 3.05) is 0 Å². The summed E-state index contributed by atoms with van der Waals surface area (Å²) in [6.07, 6.45) is -3.87. The van der Waals surface area contributed by atoms with Crippen LogP contribution < -0.4 is 0 Å². The molecule has 0 aromatic heterocycles. The number of aliphatic hydroxyl groups excluding tert-OH is 3. The number of aliphatic carboxylic acids is 1. The molecule has 0 saturated carbocycles. The molecular formula is C11H13FO5. The van der Waals surface area contributed by atoms with Crippen LogP contribution in [0.2, 0.25) is 0 Å². The maximum Gasteiger partial charge on any atom is 0.306 e. The molecule has 4 N–H and O–H groups in total. The van der Waals surface area contributed by atoms with Crippen molar-refractivity contribution in [2.24, 2.45) is 0 Å². The third-order valence-electron chi connectivity index (χ3n) is 2.31. The van der Waals surface area contributed by atoms with Gasteiger partial charge in [0.1, 0.15) is 11.9 Å². The molecule has 2 atom stereocenters. The van der Waals surface area contributed by atoms with Gasteiger partial charge >= 0.3 is 5.97 Å². The maximum absolute atomic E-state index is 13.5. The Kier molecular flexibility index (Phi) is 4.56. The van der Waals surface area contributed by atoms with Crippen LogP contribution in [-0.4, -0.2) is 32.5 Å². The SMILES string of the molecule is O=C(O)CC(O)C(O)c1ccc(CO)cc1F. The molecule has 0 saturated heterocycles. The molecule has 1 aromatic rings. The lowest BCUT2D eigenvalue weighted by Gasteiger charge is -2.17. The molecule has 1 aromatic carbocycles. The van der Waals surface area contributed by atoms with Crippen LogP contribution in [0.15, 0.2) is 18.2 Å². The highest BCUT2D eigenvalue weighted by Crippen LogP contribution is 2.22. The van der Waals surface area contributed by atoms with Gasteiger partial charge in [-0.05, 0) is 11.6 Å². The second-order valence-electron chi connectivity index (χ2n) is 3.62. The first kappa shape index (κ1) is 13.6. The number of carboxylic acids is 1. The summed E-state index contributed by atoms with van der Waals surface area (Å²) in [5.74, 6) is -2.09. The molecule has 17 heavy (non-hydrogen) atoms. The van der Waals surface area contributed by atoms with Crippen molar-refractivity contribution in [2.45, 2.75) is 25.2 Å². The molecule has 2 unspecified atom stereocenters. The summed E-state index contributed by atoms with van der Waals surface area (Å²) < 4.78 is 13.5. The summed E-state index contributed by atoms with van der Waals surface area (Å²) in [5, 5.41) is 36.1. The Morgan fingerprint density at radius 1 is 1.35 bits per heavy atom. The molecule has 0 aliphatic carbocycles. The summed E-state index contributed by atoms with van der Waals surface area (Å²) in [5.41, 5.74) is 0.127. The molecule has 0 bridgehead atoms. The van der Waals surface area contributed by atoms with E-state index in [9.17, 15) is 19.4 Å². The quantitative estimate of drug-likeness (QED) is 0.592. The van der Waals surface area contributed by atoms with Crippen LogP contribution in [0.4, 0.5) is 4.39 Å². The van der Waals surface area contributed by atoms with Gasteiger partial charge in [-0.1, -0.05) is 12.1 Å². The zero-order chi connectivity index (χ0) is 13.0. The van der Waals surface area contributed by atoms with Gasteiger partial charge in [0, 0.05) is 5.56 Å². The third kappa shape index (κ3) is 3.48. The predicted octanol–water partition coefficient (Wildman–Crippen LogP) is 0.187. The van der Waals surface area contributed by atoms with Crippen molar-refractivity contribution < 1.29 is 29.6 Å². The Labute approximate surface area is 96.8 Å². The van der Waals surface area contributed by atoms with Crippen molar-refractivity contribution >= 4 is 5.97 Å². The summed E-state index contributed by atoms with van der Waals surface area (Å²) in [7, 11) is 0. The van der Waals surface area contributed by atoms with Crippen LogP contribution in [0.5, 0.6) is 0 Å². The first-order chi connectivity index (χ1) is 7.95. The van der Waals surface area contributed by atoms with Crippen LogP contribution in [0.25, 0.3) is 0 Å². The molecule has 0 aliphatic rings. The van der Waals surface area contributed by atoms with Crippen molar-refractivity contribution in [3.8, 4) is 0 Å². The molecule has 94 valence electrons.